The van der Waals surface area contributed by atoms with E-state index in [1.54, 1.807) is 44.8 Å². The van der Waals surface area contributed by atoms with Gasteiger partial charge in [-0.3, -0.25) is 23.9 Å². The van der Waals surface area contributed by atoms with Gasteiger partial charge >= 0.3 is 0 Å². The average Bonchev–Trinajstić information content (AvgIpc) is 3.30. The van der Waals surface area contributed by atoms with Crippen molar-refractivity contribution >= 4 is 23.6 Å². The molecule has 2 bridgehead atoms. The smallest absolute Gasteiger partial charge is 0.272 e. The van der Waals surface area contributed by atoms with E-state index in [9.17, 15) is 19.2 Å². The molecule has 0 spiro atoms. The molecule has 228 valence electrons. The van der Waals surface area contributed by atoms with Crippen LogP contribution >= 0.6 is 0 Å². The molecule has 3 heterocycles. The van der Waals surface area contributed by atoms with E-state index in [1.807, 2.05) is 27.8 Å². The van der Waals surface area contributed by atoms with Gasteiger partial charge in [0.1, 0.15) is 5.56 Å². The molecular weight excluding hydrogens is 538 g/mol. The number of ether oxygens (including phenoxy) is 1. The van der Waals surface area contributed by atoms with Crippen molar-refractivity contribution in [1.29, 1.82) is 0 Å². The summed E-state index contributed by atoms with van der Waals surface area (Å²) in [7, 11) is 3.61. The number of carbonyl (C=O) groups excluding carboxylic acids is 4. The van der Waals surface area contributed by atoms with Gasteiger partial charge in [0.05, 0.1) is 13.2 Å². The molecule has 42 heavy (non-hydrogen) atoms. The van der Waals surface area contributed by atoms with Crippen molar-refractivity contribution in [3.05, 3.63) is 40.8 Å². The lowest BCUT2D eigenvalue weighted by Gasteiger charge is -2.34. The number of carbonyl (C=O) groups is 4. The molecule has 12 heteroatoms. The summed E-state index contributed by atoms with van der Waals surface area (Å²) >= 11 is 0. The molecule has 0 radical (unpaired) electrons. The minimum absolute atomic E-state index is 0.00665. The molecule has 1 atom stereocenters. The van der Waals surface area contributed by atoms with Crippen LogP contribution in [-0.4, -0.2) is 106 Å². The normalized spacial score (nSPS) is 19.1. The van der Waals surface area contributed by atoms with Crippen molar-refractivity contribution in [2.24, 2.45) is 13.0 Å². The summed E-state index contributed by atoms with van der Waals surface area (Å²) in [4.78, 5) is 62.9. The molecule has 4 amide bonds. The number of nitrogens with zero attached hydrogens (tertiary/aromatic N) is 6. The molecule has 1 unspecified atom stereocenters. The second-order valence-corrected chi connectivity index (χ2v) is 11.4. The zero-order valence-electron chi connectivity index (χ0n) is 25.4. The van der Waals surface area contributed by atoms with E-state index in [0.717, 1.165) is 17.7 Å². The Morgan fingerprint density at radius 2 is 1.93 bits per heavy atom. The average molecular weight is 582 g/mol. The lowest BCUT2D eigenvalue weighted by molar-refractivity contribution is -0.141. The molecule has 2 aromatic heterocycles. The van der Waals surface area contributed by atoms with E-state index < -0.39 is 0 Å². The molecule has 4 rings (SSSR count). The Morgan fingerprint density at radius 1 is 1.14 bits per heavy atom. The first kappa shape index (κ1) is 31.0. The Kier molecular flexibility index (Phi) is 10.2. The van der Waals surface area contributed by atoms with Crippen LogP contribution in [0.25, 0.3) is 0 Å². The van der Waals surface area contributed by atoms with Gasteiger partial charge in [0.15, 0.2) is 5.69 Å². The Morgan fingerprint density at radius 3 is 2.67 bits per heavy atom. The van der Waals surface area contributed by atoms with E-state index in [0.29, 0.717) is 43.7 Å². The molecule has 0 fully saturated rings. The number of nitrogens with one attached hydrogen (secondary N) is 1. The van der Waals surface area contributed by atoms with Gasteiger partial charge in [0.25, 0.3) is 11.8 Å². The predicted octanol–water partition coefficient (Wildman–Crippen LogP) is 1.68. The van der Waals surface area contributed by atoms with Gasteiger partial charge in [0.2, 0.25) is 17.7 Å². The van der Waals surface area contributed by atoms with Crippen LogP contribution in [-0.2, 0) is 29.5 Å². The monoisotopic (exact) mass is 581 g/mol. The molecule has 1 aliphatic heterocycles. The molecule has 2 aromatic rings. The Hall–Kier alpha value is -3.96. The number of aromatic nitrogens is 3. The van der Waals surface area contributed by atoms with Crippen molar-refractivity contribution in [2.75, 3.05) is 46.4 Å². The number of pyridine rings is 1. The van der Waals surface area contributed by atoms with Crippen LogP contribution in [0, 0.1) is 5.92 Å². The Balaban J connectivity index is 1.63. The highest BCUT2D eigenvalue weighted by molar-refractivity contribution is 5.97. The van der Waals surface area contributed by atoms with Crippen LogP contribution in [0.1, 0.15) is 72.1 Å². The summed E-state index contributed by atoms with van der Waals surface area (Å²) in [6.07, 6.45) is 4.11. The predicted molar refractivity (Wildman–Crippen MR) is 156 cm³/mol. The summed E-state index contributed by atoms with van der Waals surface area (Å²) in [6, 6.07) is 3.24. The van der Waals surface area contributed by atoms with Gasteiger partial charge in [-0.25, -0.2) is 4.98 Å². The third-order valence-corrected chi connectivity index (χ3v) is 7.91. The second kappa shape index (κ2) is 13.8. The molecule has 0 saturated heterocycles. The van der Waals surface area contributed by atoms with E-state index in [1.165, 1.54) is 0 Å². The molecule has 1 N–H and O–H groups in total. The van der Waals surface area contributed by atoms with Crippen molar-refractivity contribution in [3.8, 4) is 5.88 Å². The number of fused-ring (bicyclic) bond motifs is 1. The standard InChI is InChI=1S/C30H43N7O5/c1-6-42-29-22(9-7-13-32-29)30(41)36-15-8-10-25(38)37(18-20(2)3)19-26(39)34(4)21-11-12-24-23(17-21)27(33-35(24)5)28(40)31-14-16-36/h7,9,13,20-21H,6,8,10-12,14-19H2,1-5H3,(H,31,40). The molecule has 1 aliphatic carbocycles. The van der Waals surface area contributed by atoms with Crippen LogP contribution in [0.4, 0.5) is 0 Å². The topological polar surface area (TPSA) is 130 Å². The first-order chi connectivity index (χ1) is 20.1. The van der Waals surface area contributed by atoms with E-state index in [2.05, 4.69) is 15.4 Å². The number of likely N-dealkylation sites (N-methyl/N-ethyl adjacent to an activating group) is 1. The third kappa shape index (κ3) is 7.08. The zero-order valence-corrected chi connectivity index (χ0v) is 25.4. The van der Waals surface area contributed by atoms with Crippen LogP contribution < -0.4 is 10.1 Å². The highest BCUT2D eigenvalue weighted by atomic mass is 16.5. The number of amides is 4. The quantitative estimate of drug-likeness (QED) is 0.569. The number of hydrogen-bond acceptors (Lipinski definition) is 7. The Bertz CT molecular complexity index is 1310. The molecule has 2 aliphatic rings. The van der Waals surface area contributed by atoms with Crippen LogP contribution in [0.3, 0.4) is 0 Å². The van der Waals surface area contributed by atoms with E-state index in [-0.39, 0.29) is 74.1 Å². The maximum absolute atomic E-state index is 13.7. The van der Waals surface area contributed by atoms with Crippen LogP contribution in [0.2, 0.25) is 0 Å². The molecule has 12 nitrogen and oxygen atoms in total. The van der Waals surface area contributed by atoms with Crippen LogP contribution in [0.5, 0.6) is 5.88 Å². The summed E-state index contributed by atoms with van der Waals surface area (Å²) < 4.78 is 7.34. The molecule has 0 saturated carbocycles. The third-order valence-electron chi connectivity index (χ3n) is 7.91. The highest BCUT2D eigenvalue weighted by Crippen LogP contribution is 2.27. The highest BCUT2D eigenvalue weighted by Gasteiger charge is 2.33. The van der Waals surface area contributed by atoms with Gasteiger partial charge in [-0.2, -0.15) is 5.10 Å². The maximum atomic E-state index is 13.7. The van der Waals surface area contributed by atoms with Crippen LogP contribution in [0.15, 0.2) is 18.3 Å². The van der Waals surface area contributed by atoms with Gasteiger partial charge < -0.3 is 24.8 Å². The Labute approximate surface area is 247 Å². The van der Waals surface area contributed by atoms with E-state index >= 15 is 0 Å². The minimum Gasteiger partial charge on any atom is -0.477 e. The second-order valence-electron chi connectivity index (χ2n) is 11.4. The molecule has 0 aromatic carbocycles. The van der Waals surface area contributed by atoms with Crippen molar-refractivity contribution < 1.29 is 23.9 Å². The fourth-order valence-corrected chi connectivity index (χ4v) is 5.72. The fourth-order valence-electron chi connectivity index (χ4n) is 5.72. The lowest BCUT2D eigenvalue weighted by Crippen LogP contribution is -2.47. The summed E-state index contributed by atoms with van der Waals surface area (Å²) in [5.41, 5.74) is 2.50. The van der Waals surface area contributed by atoms with Gasteiger partial charge in [-0.1, -0.05) is 13.8 Å². The summed E-state index contributed by atoms with van der Waals surface area (Å²) in [6.45, 7) is 7.39. The number of aryl methyl sites for hydroxylation is 1. The van der Waals surface area contributed by atoms with Gasteiger partial charge in [-0.05, 0) is 50.7 Å². The van der Waals surface area contributed by atoms with Gasteiger partial charge in [0, 0.05) is 70.2 Å². The largest absolute Gasteiger partial charge is 0.477 e. The fraction of sp³-hybridized carbons (Fsp3) is 0.600. The first-order valence-corrected chi connectivity index (χ1v) is 14.8. The maximum Gasteiger partial charge on any atom is 0.272 e. The lowest BCUT2D eigenvalue weighted by atomic mass is 9.90. The van der Waals surface area contributed by atoms with Crippen molar-refractivity contribution in [3.63, 3.8) is 0 Å². The SMILES string of the molecule is CCOc1ncccc1C(=O)N1CCCC(=O)N(CC(C)C)CC(=O)N(C)C2CCc3c(c(nn3C)C(=O)NCC1)C2. The van der Waals surface area contributed by atoms with E-state index in [4.69, 9.17) is 4.74 Å². The molecular formula is C30H43N7O5. The minimum atomic E-state index is -0.312. The zero-order chi connectivity index (χ0) is 30.4. The summed E-state index contributed by atoms with van der Waals surface area (Å²) in [5, 5.41) is 7.46. The first-order valence-electron chi connectivity index (χ1n) is 14.8. The van der Waals surface area contributed by atoms with Crippen molar-refractivity contribution in [1.82, 2.24) is 34.8 Å². The van der Waals surface area contributed by atoms with Gasteiger partial charge in [-0.15, -0.1) is 0 Å². The number of rotatable bonds is 5. The summed E-state index contributed by atoms with van der Waals surface area (Å²) in [5.74, 6) is -0.420. The van der Waals surface area contributed by atoms with Crippen molar-refractivity contribution in [2.45, 2.75) is 58.9 Å². The number of hydrogen-bond donors (Lipinski definition) is 1.